The second kappa shape index (κ2) is 11.2. The molecule has 0 amide bonds. The van der Waals surface area contributed by atoms with E-state index in [2.05, 4.69) is 100 Å². The van der Waals surface area contributed by atoms with Crippen LogP contribution < -0.4 is 9.64 Å². The van der Waals surface area contributed by atoms with Crippen LogP contribution in [0.4, 0.5) is 11.5 Å². The summed E-state index contributed by atoms with van der Waals surface area (Å²) in [5.74, 6) is 3.45. The monoisotopic (exact) mass is 769 g/mol. The zero-order chi connectivity index (χ0) is 33.2. The van der Waals surface area contributed by atoms with Crippen molar-refractivity contribution in [2.24, 2.45) is 12.9 Å². The van der Waals surface area contributed by atoms with Crippen molar-refractivity contribution in [2.75, 3.05) is 31.6 Å². The molecule has 0 saturated carbocycles. The van der Waals surface area contributed by atoms with Crippen molar-refractivity contribution in [3.63, 3.8) is 0 Å². The molecule has 0 radical (unpaired) electrons. The molecular weight excluding hydrogens is 726 g/mol. The van der Waals surface area contributed by atoms with Crippen LogP contribution in [-0.2, 0) is 31.7 Å². The number of likely N-dealkylation sites (tertiary alicyclic amines) is 1. The second-order valence-corrected chi connectivity index (χ2v) is 14.4. The topological polar surface area (TPSA) is 38.5 Å². The molecule has 3 aromatic carbocycles. The van der Waals surface area contributed by atoms with E-state index in [1.807, 2.05) is 47.2 Å². The first-order chi connectivity index (χ1) is 22.3. The SMILES string of the molecule is [2H]C([2H])([2H])n1[c](=[Pt])n(-c2cc(Oc3ccc4c(c3)N(c3cc(C)ccn3)CC3CCN(C)CC43)cc(C(C)(C)C)c2)c2ccccc21. The van der Waals surface area contributed by atoms with Gasteiger partial charge < -0.3 is 4.90 Å². The van der Waals surface area contributed by atoms with Gasteiger partial charge >= 0.3 is 227 Å². The molecule has 1 fully saturated rings. The molecule has 2 atom stereocenters. The number of imidazole rings is 1. The number of fused-ring (bicyclic) bond motifs is 4. The molecule has 5 aromatic rings. The minimum absolute atomic E-state index is 0.172. The number of anilines is 2. The number of benzene rings is 3. The molecule has 2 aliphatic heterocycles. The van der Waals surface area contributed by atoms with Crippen LogP contribution in [0.15, 0.2) is 79.0 Å². The summed E-state index contributed by atoms with van der Waals surface area (Å²) >= 11 is 2.13. The Morgan fingerprint density at radius 3 is 2.55 bits per heavy atom. The van der Waals surface area contributed by atoms with Crippen molar-refractivity contribution in [1.82, 2.24) is 19.0 Å². The molecule has 6 nitrogen and oxygen atoms in total. The molecule has 2 unspecified atom stereocenters. The second-order valence-electron chi connectivity index (χ2n) is 13.4. The summed E-state index contributed by atoms with van der Waals surface area (Å²) in [6.45, 7) is 9.42. The molecule has 4 heterocycles. The van der Waals surface area contributed by atoms with E-state index in [1.165, 1.54) is 15.7 Å². The first kappa shape index (κ1) is 25.8. The molecule has 1 saturated heterocycles. The molecule has 7 heteroatoms. The van der Waals surface area contributed by atoms with Crippen LogP contribution in [0.1, 0.15) is 53.9 Å². The number of hydrogen-bond acceptors (Lipinski definition) is 4. The summed E-state index contributed by atoms with van der Waals surface area (Å²) in [5, 5.41) is 0. The molecule has 2 aliphatic rings. The standard InChI is InChI=1S/C37H41N5O.Pt/c1-25-13-15-38-36(17-25)41-22-26-14-16-39(5)23-32(26)31-12-11-29(21-35(31)41)43-30-19-27(37(2,3)4)18-28(20-30)42-24-40(6)33-9-7-8-10-34(33)42;/h7-13,15,17-21,26,32H,14,16,22-23H2,1-6H3;/i6D3;. The molecule has 0 N–H and O–H groups in total. The fourth-order valence-electron chi connectivity index (χ4n) is 6.79. The Bertz CT molecular complexity index is 2040. The van der Waals surface area contributed by atoms with E-state index < -0.39 is 6.98 Å². The summed E-state index contributed by atoms with van der Waals surface area (Å²) in [4.78, 5) is 9.61. The molecule has 0 spiro atoms. The molecule has 7 rings (SSSR count). The molecule has 0 bridgehead atoms. The number of nitrogens with zero attached hydrogens (tertiary/aromatic N) is 5. The zero-order valence-corrected chi connectivity index (χ0v) is 28.2. The number of likely N-dealkylation sites (N-methyl/N-ethyl adjacent to an activating group) is 1. The Balaban J connectivity index is 1.34. The van der Waals surface area contributed by atoms with Crippen LogP contribution in [0.5, 0.6) is 11.5 Å². The van der Waals surface area contributed by atoms with E-state index >= 15 is 0 Å². The first-order valence-corrected chi connectivity index (χ1v) is 16.5. The summed E-state index contributed by atoms with van der Waals surface area (Å²) in [5.41, 5.74) is 6.94. The van der Waals surface area contributed by atoms with Crippen molar-refractivity contribution in [1.29, 1.82) is 0 Å². The third-order valence-corrected chi connectivity index (χ3v) is 10.2. The Hall–Kier alpha value is -3.47. The Morgan fingerprint density at radius 2 is 1.77 bits per heavy atom. The van der Waals surface area contributed by atoms with Gasteiger partial charge in [-0.1, -0.05) is 0 Å². The Morgan fingerprint density at radius 1 is 0.955 bits per heavy atom. The number of rotatable bonds is 4. The fourth-order valence-corrected chi connectivity index (χ4v) is 7.63. The van der Waals surface area contributed by atoms with E-state index in [9.17, 15) is 0 Å². The van der Waals surface area contributed by atoms with Crippen molar-refractivity contribution in [3.8, 4) is 17.2 Å². The maximum atomic E-state index is 8.28. The van der Waals surface area contributed by atoms with Gasteiger partial charge in [0.1, 0.15) is 0 Å². The van der Waals surface area contributed by atoms with Crippen molar-refractivity contribution < 1.29 is 28.2 Å². The van der Waals surface area contributed by atoms with Gasteiger partial charge in [-0.15, -0.1) is 0 Å². The van der Waals surface area contributed by atoms with Crippen LogP contribution in [0.25, 0.3) is 16.7 Å². The van der Waals surface area contributed by atoms with Crippen molar-refractivity contribution >= 4 is 22.5 Å². The van der Waals surface area contributed by atoms with Gasteiger partial charge in [-0.3, -0.25) is 0 Å². The minimum atomic E-state index is -2.32. The summed E-state index contributed by atoms with van der Waals surface area (Å²) < 4.78 is 35.6. The van der Waals surface area contributed by atoms with Crippen molar-refractivity contribution in [3.05, 3.63) is 99.5 Å². The summed E-state index contributed by atoms with van der Waals surface area (Å²) in [6, 6.07) is 24.6. The van der Waals surface area contributed by atoms with Gasteiger partial charge in [0.2, 0.25) is 0 Å². The molecule has 230 valence electrons. The number of pyridine rings is 1. The number of para-hydroxylation sites is 2. The molecule has 0 aliphatic carbocycles. The van der Waals surface area contributed by atoms with E-state index in [-0.39, 0.29) is 5.41 Å². The predicted molar refractivity (Wildman–Crippen MR) is 175 cm³/mol. The van der Waals surface area contributed by atoms with Crippen LogP contribution in [0, 0.1) is 16.6 Å². The number of aromatic nitrogens is 3. The van der Waals surface area contributed by atoms with Crippen LogP contribution >= 0.6 is 0 Å². The quantitative estimate of drug-likeness (QED) is 0.186. The molecular formula is C37H41N5OPt. The molecule has 2 aromatic heterocycles. The average molecular weight is 770 g/mol. The first-order valence-electron chi connectivity index (χ1n) is 16.8. The van der Waals surface area contributed by atoms with Crippen LogP contribution in [0.3, 0.4) is 0 Å². The van der Waals surface area contributed by atoms with Gasteiger partial charge in [0, 0.05) is 6.20 Å². The zero-order valence-electron chi connectivity index (χ0n) is 28.9. The van der Waals surface area contributed by atoms with E-state index in [0.717, 1.165) is 60.1 Å². The van der Waals surface area contributed by atoms with E-state index in [0.29, 0.717) is 26.9 Å². The van der Waals surface area contributed by atoms with Gasteiger partial charge in [-0.25, -0.2) is 0 Å². The third kappa shape index (κ3) is 5.26. The fraction of sp³-hybridized carbons (Fsp3) is 0.351. The molecule has 44 heavy (non-hydrogen) atoms. The Labute approximate surface area is 275 Å². The number of ether oxygens (including phenoxy) is 1. The van der Waals surface area contributed by atoms with E-state index in [4.69, 9.17) is 13.8 Å². The van der Waals surface area contributed by atoms with Gasteiger partial charge in [0.25, 0.3) is 0 Å². The average Bonchev–Trinajstić information content (AvgIpc) is 3.32. The summed E-state index contributed by atoms with van der Waals surface area (Å²) in [6.07, 6.45) is 3.06. The van der Waals surface area contributed by atoms with Gasteiger partial charge in [0.15, 0.2) is 0 Å². The van der Waals surface area contributed by atoms with E-state index in [1.54, 1.807) is 0 Å². The number of aryl methyl sites for hydroxylation is 2. The normalized spacial score (nSPS) is 20.1. The van der Waals surface area contributed by atoms with Crippen LogP contribution in [0.2, 0.25) is 0 Å². The number of piperidine rings is 1. The predicted octanol–water partition coefficient (Wildman–Crippen LogP) is 8.03. The van der Waals surface area contributed by atoms with Crippen LogP contribution in [-0.4, -0.2) is 45.7 Å². The van der Waals surface area contributed by atoms with Gasteiger partial charge in [-0.05, 0) is 38.6 Å². The third-order valence-electron chi connectivity index (χ3n) is 9.20. The maximum absolute atomic E-state index is 8.28. The number of hydrogen-bond donors (Lipinski definition) is 0. The Kier molecular flexibility index (Phi) is 6.54. The van der Waals surface area contributed by atoms with Gasteiger partial charge in [-0.2, -0.15) is 0 Å². The van der Waals surface area contributed by atoms with Gasteiger partial charge in [0.05, 0.1) is 0 Å². The van der Waals surface area contributed by atoms with Crippen molar-refractivity contribution in [2.45, 2.75) is 45.4 Å². The summed E-state index contributed by atoms with van der Waals surface area (Å²) in [7, 11) is 2.22.